The van der Waals surface area contributed by atoms with E-state index in [9.17, 15) is 4.79 Å². The first-order valence-electron chi connectivity index (χ1n) is 8.57. The highest BCUT2D eigenvalue weighted by molar-refractivity contribution is 5.83. The van der Waals surface area contributed by atoms with Gasteiger partial charge in [0.2, 0.25) is 0 Å². The van der Waals surface area contributed by atoms with E-state index < -0.39 is 0 Å². The average Bonchev–Trinajstić information content (AvgIpc) is 3.21. The third-order valence-corrected chi connectivity index (χ3v) is 4.76. The fraction of sp³-hybridized carbons (Fsp3) is 0.526. The third kappa shape index (κ3) is 3.58. The second-order valence-corrected chi connectivity index (χ2v) is 6.17. The smallest absolute Gasteiger partial charge is 0.251 e. The van der Waals surface area contributed by atoms with Gasteiger partial charge in [0.05, 0.1) is 26.9 Å². The number of hydrogen-bond acceptors (Lipinski definition) is 5. The predicted octanol–water partition coefficient (Wildman–Crippen LogP) is 2.51. The van der Waals surface area contributed by atoms with Crippen LogP contribution in [0.15, 0.2) is 18.2 Å². The molecule has 6 heteroatoms. The van der Waals surface area contributed by atoms with Crippen LogP contribution in [0, 0.1) is 0 Å². The monoisotopic (exact) mass is 347 g/mol. The molecule has 0 aromatic heterocycles. The number of carbonyl (C=O) groups excluding carboxylic acids is 1. The van der Waals surface area contributed by atoms with Gasteiger partial charge in [0.25, 0.3) is 5.91 Å². The number of hydrogen-bond donors (Lipinski definition) is 0. The van der Waals surface area contributed by atoms with E-state index in [4.69, 9.17) is 18.9 Å². The second kappa shape index (κ2) is 7.78. The fourth-order valence-corrected chi connectivity index (χ4v) is 3.39. The Hall–Kier alpha value is -2.21. The van der Waals surface area contributed by atoms with Gasteiger partial charge in [-0.25, -0.2) is 0 Å². The minimum absolute atomic E-state index is 0.0986. The van der Waals surface area contributed by atoms with E-state index in [-0.39, 0.29) is 12.0 Å². The van der Waals surface area contributed by atoms with E-state index in [2.05, 4.69) is 6.08 Å². The van der Waals surface area contributed by atoms with Gasteiger partial charge in [-0.15, -0.1) is 0 Å². The minimum Gasteiger partial charge on any atom is -0.496 e. The van der Waals surface area contributed by atoms with Crippen molar-refractivity contribution in [3.8, 4) is 17.2 Å². The van der Waals surface area contributed by atoms with Crippen LogP contribution >= 0.6 is 0 Å². The Labute approximate surface area is 148 Å². The molecule has 2 aliphatic rings. The number of methoxy groups -OCH3 is 3. The molecule has 1 aromatic carbocycles. The molecule has 0 bridgehead atoms. The molecule has 0 radical (unpaired) electrons. The van der Waals surface area contributed by atoms with Crippen LogP contribution < -0.4 is 14.2 Å². The summed E-state index contributed by atoms with van der Waals surface area (Å²) in [6, 6.07) is 3.70. The van der Waals surface area contributed by atoms with Gasteiger partial charge in [0, 0.05) is 31.8 Å². The van der Waals surface area contributed by atoms with Crippen molar-refractivity contribution >= 4 is 11.5 Å². The highest BCUT2D eigenvalue weighted by Crippen LogP contribution is 2.40. The molecule has 0 spiro atoms. The summed E-state index contributed by atoms with van der Waals surface area (Å²) in [5, 5.41) is 0. The highest BCUT2D eigenvalue weighted by Gasteiger charge is 2.30. The molecule has 25 heavy (non-hydrogen) atoms. The topological polar surface area (TPSA) is 57.2 Å². The standard InChI is InChI=1S/C19H25NO5/c1-22-14-11-16(23-2)18(17(12-14)24-3)13-6-8-20(9-7-13)19(21)15-5-4-10-25-15/h6,11-12,15H,4-5,7-10H2,1-3H3/t15-/m0/s1. The van der Waals surface area contributed by atoms with Gasteiger partial charge in [0.1, 0.15) is 23.4 Å². The molecule has 0 aliphatic carbocycles. The highest BCUT2D eigenvalue weighted by atomic mass is 16.5. The van der Waals surface area contributed by atoms with Crippen molar-refractivity contribution in [2.24, 2.45) is 0 Å². The summed E-state index contributed by atoms with van der Waals surface area (Å²) in [7, 11) is 4.88. The van der Waals surface area contributed by atoms with Crippen molar-refractivity contribution in [1.82, 2.24) is 4.90 Å². The zero-order chi connectivity index (χ0) is 17.8. The summed E-state index contributed by atoms with van der Waals surface area (Å²) >= 11 is 0. The molecular weight excluding hydrogens is 322 g/mol. The lowest BCUT2D eigenvalue weighted by molar-refractivity contribution is -0.140. The largest absolute Gasteiger partial charge is 0.496 e. The van der Waals surface area contributed by atoms with Crippen molar-refractivity contribution in [2.45, 2.75) is 25.4 Å². The van der Waals surface area contributed by atoms with Gasteiger partial charge in [-0.2, -0.15) is 0 Å². The van der Waals surface area contributed by atoms with Gasteiger partial charge in [-0.3, -0.25) is 4.79 Å². The lowest BCUT2D eigenvalue weighted by atomic mass is 9.97. The number of amides is 1. The molecule has 2 heterocycles. The minimum atomic E-state index is -0.264. The molecular formula is C19H25NO5. The molecule has 1 amide bonds. The normalized spacial score (nSPS) is 20.2. The molecule has 6 nitrogen and oxygen atoms in total. The Morgan fingerprint density at radius 1 is 1.16 bits per heavy atom. The Morgan fingerprint density at radius 3 is 2.36 bits per heavy atom. The summed E-state index contributed by atoms with van der Waals surface area (Å²) in [6.07, 6.45) is 4.35. The predicted molar refractivity (Wildman–Crippen MR) is 94.2 cm³/mol. The SMILES string of the molecule is COc1cc(OC)c(C2=CCN(C(=O)[C@@H]3CCCO3)CC2)c(OC)c1. The number of nitrogens with zero attached hydrogens (tertiary/aromatic N) is 1. The molecule has 1 saturated heterocycles. The maximum atomic E-state index is 12.5. The Morgan fingerprint density at radius 2 is 1.88 bits per heavy atom. The Balaban J connectivity index is 1.82. The van der Waals surface area contributed by atoms with Crippen molar-refractivity contribution < 1.29 is 23.7 Å². The maximum absolute atomic E-state index is 12.5. The van der Waals surface area contributed by atoms with Crippen LogP contribution in [-0.4, -0.2) is 57.9 Å². The van der Waals surface area contributed by atoms with Crippen LogP contribution in [0.1, 0.15) is 24.8 Å². The maximum Gasteiger partial charge on any atom is 0.251 e. The van der Waals surface area contributed by atoms with Crippen molar-refractivity contribution in [3.05, 3.63) is 23.8 Å². The molecule has 3 rings (SSSR count). The van der Waals surface area contributed by atoms with Crippen LogP contribution in [0.25, 0.3) is 5.57 Å². The van der Waals surface area contributed by atoms with Crippen molar-refractivity contribution in [1.29, 1.82) is 0 Å². The molecule has 136 valence electrons. The first-order chi connectivity index (χ1) is 12.2. The summed E-state index contributed by atoms with van der Waals surface area (Å²) in [5.41, 5.74) is 2.04. The number of rotatable bonds is 5. The van der Waals surface area contributed by atoms with E-state index in [0.29, 0.717) is 36.9 Å². The first kappa shape index (κ1) is 17.6. The number of carbonyl (C=O) groups is 1. The van der Waals surface area contributed by atoms with Gasteiger partial charge < -0.3 is 23.8 Å². The summed E-state index contributed by atoms with van der Waals surface area (Å²) in [6.45, 7) is 1.93. The number of ether oxygens (including phenoxy) is 4. The van der Waals surface area contributed by atoms with Crippen molar-refractivity contribution in [2.75, 3.05) is 41.0 Å². The lowest BCUT2D eigenvalue weighted by Gasteiger charge is -2.29. The molecule has 0 unspecified atom stereocenters. The van der Waals surface area contributed by atoms with Gasteiger partial charge in [-0.05, 0) is 24.8 Å². The van der Waals surface area contributed by atoms with Crippen LogP contribution in [0.4, 0.5) is 0 Å². The Kier molecular flexibility index (Phi) is 5.48. The van der Waals surface area contributed by atoms with Crippen LogP contribution in [0.3, 0.4) is 0 Å². The molecule has 0 saturated carbocycles. The molecule has 0 N–H and O–H groups in total. The van der Waals surface area contributed by atoms with Crippen molar-refractivity contribution in [3.63, 3.8) is 0 Å². The number of benzene rings is 1. The van der Waals surface area contributed by atoms with Crippen LogP contribution in [0.5, 0.6) is 17.2 Å². The summed E-state index contributed by atoms with van der Waals surface area (Å²) < 4.78 is 21.9. The van der Waals surface area contributed by atoms with E-state index in [1.54, 1.807) is 21.3 Å². The van der Waals surface area contributed by atoms with Gasteiger partial charge in [-0.1, -0.05) is 6.08 Å². The van der Waals surface area contributed by atoms with Gasteiger partial charge in [0.15, 0.2) is 0 Å². The third-order valence-electron chi connectivity index (χ3n) is 4.76. The molecule has 1 fully saturated rings. The van der Waals surface area contributed by atoms with Gasteiger partial charge >= 0.3 is 0 Å². The van der Waals surface area contributed by atoms with Crippen LogP contribution in [0.2, 0.25) is 0 Å². The van der Waals surface area contributed by atoms with E-state index in [0.717, 1.165) is 30.4 Å². The molecule has 2 aliphatic heterocycles. The zero-order valence-electron chi connectivity index (χ0n) is 15.0. The van der Waals surface area contributed by atoms with E-state index in [1.807, 2.05) is 17.0 Å². The summed E-state index contributed by atoms with van der Waals surface area (Å²) in [4.78, 5) is 14.3. The fourth-order valence-electron chi connectivity index (χ4n) is 3.39. The molecule has 1 aromatic rings. The lowest BCUT2D eigenvalue weighted by Crippen LogP contribution is -2.41. The first-order valence-corrected chi connectivity index (χ1v) is 8.57. The zero-order valence-corrected chi connectivity index (χ0v) is 15.0. The van der Waals surface area contributed by atoms with E-state index >= 15 is 0 Å². The average molecular weight is 347 g/mol. The second-order valence-electron chi connectivity index (χ2n) is 6.17. The van der Waals surface area contributed by atoms with E-state index in [1.165, 1.54) is 0 Å². The quantitative estimate of drug-likeness (QED) is 0.819. The van der Waals surface area contributed by atoms with Crippen LogP contribution in [-0.2, 0) is 9.53 Å². The molecule has 1 atom stereocenters. The Bertz CT molecular complexity index is 639. The summed E-state index contributed by atoms with van der Waals surface area (Å²) in [5.74, 6) is 2.20.